The third kappa shape index (κ3) is 2.77. The van der Waals surface area contributed by atoms with Crippen molar-refractivity contribution >= 4 is 16.8 Å². The fraction of sp³-hybridized carbons (Fsp3) is 0.160. The van der Waals surface area contributed by atoms with Crippen molar-refractivity contribution in [1.82, 2.24) is 9.88 Å². The lowest BCUT2D eigenvalue weighted by molar-refractivity contribution is 0.0685. The molecule has 2 aliphatic heterocycles. The highest BCUT2D eigenvalue weighted by atomic mass is 19.2. The Morgan fingerprint density at radius 2 is 1.84 bits per heavy atom. The smallest absolute Gasteiger partial charge is 0.257 e. The molecule has 1 aromatic heterocycles. The molecule has 0 spiro atoms. The van der Waals surface area contributed by atoms with Gasteiger partial charge in [0, 0.05) is 23.1 Å². The summed E-state index contributed by atoms with van der Waals surface area (Å²) < 4.78 is 39.4. The molecule has 5 nitrogen and oxygen atoms in total. The van der Waals surface area contributed by atoms with Crippen LogP contribution in [0.15, 0.2) is 60.7 Å². The number of nitrogens with one attached hydrogen (secondary N) is 1. The Morgan fingerprint density at radius 3 is 2.75 bits per heavy atom. The highest BCUT2D eigenvalue weighted by Gasteiger charge is 2.36. The van der Waals surface area contributed by atoms with E-state index in [0.29, 0.717) is 24.5 Å². The molecule has 3 heterocycles. The predicted octanol–water partition coefficient (Wildman–Crippen LogP) is 4.96. The van der Waals surface area contributed by atoms with Crippen molar-refractivity contribution in [2.45, 2.75) is 12.5 Å². The van der Waals surface area contributed by atoms with E-state index in [4.69, 9.17) is 9.47 Å². The van der Waals surface area contributed by atoms with Crippen LogP contribution in [-0.2, 0) is 6.42 Å². The number of carbonyl (C=O) groups is 1. The van der Waals surface area contributed by atoms with E-state index < -0.39 is 23.6 Å². The Balaban J connectivity index is 1.52. The molecular weight excluding hydrogens is 414 g/mol. The van der Waals surface area contributed by atoms with Crippen LogP contribution < -0.4 is 9.47 Å². The predicted molar refractivity (Wildman–Crippen MR) is 114 cm³/mol. The molecule has 0 aliphatic carbocycles. The number of ether oxygens (including phenoxy) is 2. The summed E-state index contributed by atoms with van der Waals surface area (Å²) in [6, 6.07) is 16.6. The summed E-state index contributed by atoms with van der Waals surface area (Å²) >= 11 is 0. The molecule has 0 saturated carbocycles. The molecule has 1 amide bonds. The standard InChI is InChI=1S/C25H18F2N2O3/c26-18-6-3-5-17(22(18)27)25(30)29-11-10-16-15-4-1-2-7-19(15)28-23(16)24(29)14-8-9-20-21(12-14)32-13-31-20/h1-9,12,24,28H,10-11,13H2. The fourth-order valence-electron chi connectivity index (χ4n) is 4.71. The molecule has 0 saturated heterocycles. The highest BCUT2D eigenvalue weighted by molar-refractivity contribution is 5.96. The van der Waals surface area contributed by atoms with Gasteiger partial charge in [-0.1, -0.05) is 30.3 Å². The monoisotopic (exact) mass is 432 g/mol. The van der Waals surface area contributed by atoms with E-state index in [2.05, 4.69) is 4.98 Å². The Bertz CT molecular complexity index is 1380. The molecule has 7 heteroatoms. The van der Waals surface area contributed by atoms with Crippen LogP contribution in [0.5, 0.6) is 11.5 Å². The number of H-pyrrole nitrogens is 1. The van der Waals surface area contributed by atoms with Crippen molar-refractivity contribution < 1.29 is 23.0 Å². The minimum Gasteiger partial charge on any atom is -0.454 e. The first-order valence-corrected chi connectivity index (χ1v) is 10.4. The number of carbonyl (C=O) groups excluding carboxylic acids is 1. The first-order valence-electron chi connectivity index (χ1n) is 10.4. The zero-order valence-electron chi connectivity index (χ0n) is 16.9. The summed E-state index contributed by atoms with van der Waals surface area (Å²) in [6.07, 6.45) is 0.600. The van der Waals surface area contributed by atoms with Crippen molar-refractivity contribution in [1.29, 1.82) is 0 Å². The van der Waals surface area contributed by atoms with Crippen LogP contribution in [0.4, 0.5) is 8.78 Å². The molecule has 0 fully saturated rings. The van der Waals surface area contributed by atoms with Crippen LogP contribution in [0.25, 0.3) is 10.9 Å². The van der Waals surface area contributed by atoms with Gasteiger partial charge in [-0.2, -0.15) is 0 Å². The van der Waals surface area contributed by atoms with Crippen LogP contribution in [0.1, 0.15) is 33.2 Å². The van der Waals surface area contributed by atoms with Crippen LogP contribution in [-0.4, -0.2) is 29.1 Å². The average molecular weight is 432 g/mol. The van der Waals surface area contributed by atoms with Crippen molar-refractivity contribution in [2.24, 2.45) is 0 Å². The van der Waals surface area contributed by atoms with E-state index in [-0.39, 0.29) is 12.4 Å². The van der Waals surface area contributed by atoms with E-state index in [1.807, 2.05) is 36.4 Å². The number of hydrogen-bond donors (Lipinski definition) is 1. The third-order valence-electron chi connectivity index (χ3n) is 6.19. The second kappa shape index (κ2) is 7.09. The average Bonchev–Trinajstić information content (AvgIpc) is 3.43. The van der Waals surface area contributed by atoms with Gasteiger partial charge in [0.25, 0.3) is 5.91 Å². The van der Waals surface area contributed by atoms with Crippen LogP contribution in [0, 0.1) is 11.6 Å². The second-order valence-electron chi connectivity index (χ2n) is 7.93. The van der Waals surface area contributed by atoms with Gasteiger partial charge in [0.15, 0.2) is 23.1 Å². The second-order valence-corrected chi connectivity index (χ2v) is 7.93. The first kappa shape index (κ1) is 18.9. The number of aromatic amines is 1. The summed E-state index contributed by atoms with van der Waals surface area (Å²) in [7, 11) is 0. The number of rotatable bonds is 2. The largest absolute Gasteiger partial charge is 0.454 e. The zero-order chi connectivity index (χ0) is 21.8. The molecule has 1 unspecified atom stereocenters. The number of amides is 1. The maximum atomic E-state index is 14.5. The molecule has 3 aromatic carbocycles. The van der Waals surface area contributed by atoms with Gasteiger partial charge in [-0.25, -0.2) is 8.78 Å². The number of aromatic nitrogens is 1. The summed E-state index contributed by atoms with van der Waals surface area (Å²) in [4.78, 5) is 18.5. The van der Waals surface area contributed by atoms with Crippen LogP contribution in [0.2, 0.25) is 0 Å². The molecule has 0 bridgehead atoms. The quantitative estimate of drug-likeness (QED) is 0.487. The fourth-order valence-corrected chi connectivity index (χ4v) is 4.71. The molecule has 32 heavy (non-hydrogen) atoms. The number of hydrogen-bond acceptors (Lipinski definition) is 3. The molecular formula is C25H18F2N2O3. The van der Waals surface area contributed by atoms with E-state index in [1.54, 1.807) is 11.0 Å². The van der Waals surface area contributed by atoms with Gasteiger partial charge in [0.05, 0.1) is 11.6 Å². The van der Waals surface area contributed by atoms with Crippen LogP contribution >= 0.6 is 0 Å². The van der Waals surface area contributed by atoms with Gasteiger partial charge < -0.3 is 19.4 Å². The van der Waals surface area contributed by atoms with Gasteiger partial charge >= 0.3 is 0 Å². The Morgan fingerprint density at radius 1 is 1.00 bits per heavy atom. The third-order valence-corrected chi connectivity index (χ3v) is 6.19. The number of halogens is 2. The van der Waals surface area contributed by atoms with Gasteiger partial charge in [0.2, 0.25) is 6.79 Å². The molecule has 1 N–H and O–H groups in total. The van der Waals surface area contributed by atoms with Gasteiger partial charge in [-0.15, -0.1) is 0 Å². The molecule has 6 rings (SSSR count). The Hall–Kier alpha value is -3.87. The maximum absolute atomic E-state index is 14.5. The SMILES string of the molecule is O=C(c1cccc(F)c1F)N1CCc2c([nH]c3ccccc23)C1c1ccc2c(c1)OCO2. The van der Waals surface area contributed by atoms with E-state index in [0.717, 1.165) is 33.8 Å². The van der Waals surface area contributed by atoms with Crippen molar-refractivity contribution in [3.8, 4) is 11.5 Å². The minimum absolute atomic E-state index is 0.137. The van der Waals surface area contributed by atoms with Crippen molar-refractivity contribution in [3.05, 3.63) is 94.7 Å². The van der Waals surface area contributed by atoms with E-state index >= 15 is 0 Å². The maximum Gasteiger partial charge on any atom is 0.257 e. The molecule has 0 radical (unpaired) electrons. The molecule has 4 aromatic rings. The van der Waals surface area contributed by atoms with Gasteiger partial charge in [0.1, 0.15) is 0 Å². The lowest BCUT2D eigenvalue weighted by atomic mass is 9.91. The van der Waals surface area contributed by atoms with Crippen LogP contribution in [0.3, 0.4) is 0 Å². The van der Waals surface area contributed by atoms with Gasteiger partial charge in [-0.05, 0) is 47.9 Å². The zero-order valence-corrected chi connectivity index (χ0v) is 16.9. The molecule has 160 valence electrons. The number of fused-ring (bicyclic) bond motifs is 4. The highest BCUT2D eigenvalue weighted by Crippen LogP contribution is 2.42. The lowest BCUT2D eigenvalue weighted by Crippen LogP contribution is -2.41. The van der Waals surface area contributed by atoms with E-state index in [9.17, 15) is 13.6 Å². The van der Waals surface area contributed by atoms with Crippen molar-refractivity contribution in [3.63, 3.8) is 0 Å². The van der Waals surface area contributed by atoms with Gasteiger partial charge in [-0.3, -0.25) is 4.79 Å². The molecule has 2 aliphatic rings. The number of benzene rings is 3. The summed E-state index contributed by atoms with van der Waals surface area (Å²) in [5, 5.41) is 1.09. The van der Waals surface area contributed by atoms with E-state index in [1.165, 1.54) is 12.1 Å². The summed E-state index contributed by atoms with van der Waals surface area (Å²) in [6.45, 7) is 0.501. The summed E-state index contributed by atoms with van der Waals surface area (Å²) in [5.41, 5.74) is 3.46. The Labute approximate surface area is 182 Å². The van der Waals surface area contributed by atoms with Crippen molar-refractivity contribution in [2.75, 3.05) is 13.3 Å². The lowest BCUT2D eigenvalue weighted by Gasteiger charge is -2.36. The molecule has 1 atom stereocenters. The topological polar surface area (TPSA) is 54.6 Å². The Kier molecular flexibility index (Phi) is 4.18. The first-order chi connectivity index (χ1) is 15.6. The number of nitrogens with zero attached hydrogens (tertiary/aromatic N) is 1. The minimum atomic E-state index is -1.13. The number of para-hydroxylation sites is 1. The normalized spacial score (nSPS) is 16.9. The summed E-state index contributed by atoms with van der Waals surface area (Å²) in [5.74, 6) is -1.51.